The number of amides is 2. The third kappa shape index (κ3) is 5.93. The fourth-order valence-corrected chi connectivity index (χ4v) is 1.45. The van der Waals surface area contributed by atoms with Crippen LogP contribution < -0.4 is 10.9 Å². The standard InChI is InChI=1S/C12H17N3O6/c1-2-3-4-5-8-20-12(17)14-13-11(16)9-6-7-10(21-9)15(18)19/h6-7H,2-5,8H2,1H3,(H,13,16)(H,14,17). The van der Waals surface area contributed by atoms with E-state index in [4.69, 9.17) is 4.74 Å². The number of unbranched alkanes of at least 4 members (excludes halogenated alkanes) is 3. The first-order valence-electron chi connectivity index (χ1n) is 6.52. The van der Waals surface area contributed by atoms with E-state index < -0.39 is 22.8 Å². The monoisotopic (exact) mass is 299 g/mol. The van der Waals surface area contributed by atoms with Gasteiger partial charge in [0.2, 0.25) is 5.76 Å². The van der Waals surface area contributed by atoms with Gasteiger partial charge in [-0.15, -0.1) is 0 Å². The molecule has 9 nitrogen and oxygen atoms in total. The predicted octanol–water partition coefficient (Wildman–Crippen LogP) is 2.14. The second-order valence-corrected chi connectivity index (χ2v) is 4.17. The highest BCUT2D eigenvalue weighted by Gasteiger charge is 2.17. The Labute approximate surface area is 120 Å². The van der Waals surface area contributed by atoms with Crippen molar-refractivity contribution in [1.82, 2.24) is 10.9 Å². The molecule has 0 aliphatic carbocycles. The molecular weight excluding hydrogens is 282 g/mol. The van der Waals surface area contributed by atoms with Gasteiger partial charge < -0.3 is 9.15 Å². The molecule has 1 aromatic heterocycles. The van der Waals surface area contributed by atoms with Crippen LogP contribution in [0.5, 0.6) is 0 Å². The SMILES string of the molecule is CCCCCCOC(=O)NNC(=O)c1ccc([N+](=O)[O-])o1. The van der Waals surface area contributed by atoms with Crippen molar-refractivity contribution >= 4 is 17.9 Å². The molecule has 21 heavy (non-hydrogen) atoms. The summed E-state index contributed by atoms with van der Waals surface area (Å²) in [4.78, 5) is 32.4. The van der Waals surface area contributed by atoms with Crippen LogP contribution in [0, 0.1) is 10.1 Å². The Balaban J connectivity index is 2.25. The second-order valence-electron chi connectivity index (χ2n) is 4.17. The van der Waals surface area contributed by atoms with Crippen LogP contribution in [0.15, 0.2) is 16.5 Å². The predicted molar refractivity (Wildman–Crippen MR) is 71.5 cm³/mol. The van der Waals surface area contributed by atoms with Gasteiger partial charge in [0.05, 0.1) is 12.7 Å². The van der Waals surface area contributed by atoms with Crippen LogP contribution in [0.25, 0.3) is 0 Å². The molecule has 2 amide bonds. The first kappa shape index (κ1) is 16.5. The average Bonchev–Trinajstić information content (AvgIpc) is 2.94. The summed E-state index contributed by atoms with van der Waals surface area (Å²) in [5.74, 6) is -1.66. The van der Waals surface area contributed by atoms with E-state index in [2.05, 4.69) is 11.3 Å². The first-order valence-corrected chi connectivity index (χ1v) is 6.52. The van der Waals surface area contributed by atoms with Crippen LogP contribution in [0.1, 0.15) is 43.2 Å². The van der Waals surface area contributed by atoms with Crippen LogP contribution >= 0.6 is 0 Å². The molecule has 1 aromatic rings. The van der Waals surface area contributed by atoms with Gasteiger partial charge in [-0.25, -0.2) is 10.2 Å². The quantitative estimate of drug-likeness (QED) is 0.451. The topological polar surface area (TPSA) is 124 Å². The molecule has 1 rings (SSSR count). The van der Waals surface area contributed by atoms with E-state index in [1.54, 1.807) is 0 Å². The first-order chi connectivity index (χ1) is 10.0. The average molecular weight is 299 g/mol. The van der Waals surface area contributed by atoms with Crippen LogP contribution in [-0.2, 0) is 4.74 Å². The zero-order valence-corrected chi connectivity index (χ0v) is 11.6. The summed E-state index contributed by atoms with van der Waals surface area (Å²) in [5, 5.41) is 10.4. The molecule has 0 unspecified atom stereocenters. The van der Waals surface area contributed by atoms with E-state index in [9.17, 15) is 19.7 Å². The van der Waals surface area contributed by atoms with Gasteiger partial charge in [0.25, 0.3) is 0 Å². The molecule has 0 spiro atoms. The highest BCUT2D eigenvalue weighted by molar-refractivity contribution is 5.92. The zero-order chi connectivity index (χ0) is 15.7. The van der Waals surface area contributed by atoms with Gasteiger partial charge in [-0.05, 0) is 12.5 Å². The largest absolute Gasteiger partial charge is 0.448 e. The van der Waals surface area contributed by atoms with Gasteiger partial charge in [-0.1, -0.05) is 26.2 Å². The minimum Gasteiger partial charge on any atom is -0.448 e. The van der Waals surface area contributed by atoms with Gasteiger partial charge in [-0.2, -0.15) is 0 Å². The van der Waals surface area contributed by atoms with Gasteiger partial charge >= 0.3 is 17.9 Å². The fraction of sp³-hybridized carbons (Fsp3) is 0.500. The van der Waals surface area contributed by atoms with Crippen molar-refractivity contribution in [3.8, 4) is 0 Å². The highest BCUT2D eigenvalue weighted by Crippen LogP contribution is 2.14. The number of nitro groups is 1. The fourth-order valence-electron chi connectivity index (χ4n) is 1.45. The molecule has 9 heteroatoms. The molecule has 0 aromatic carbocycles. The van der Waals surface area contributed by atoms with Crippen molar-refractivity contribution in [3.63, 3.8) is 0 Å². The minimum absolute atomic E-state index is 0.258. The Hall–Kier alpha value is -2.58. The van der Waals surface area contributed by atoms with Crippen LogP contribution in [-0.4, -0.2) is 23.5 Å². The maximum atomic E-state index is 11.5. The molecule has 0 saturated heterocycles. The highest BCUT2D eigenvalue weighted by atomic mass is 16.6. The number of carbonyl (C=O) groups excluding carboxylic acids is 2. The maximum absolute atomic E-state index is 11.5. The van der Waals surface area contributed by atoms with E-state index in [0.717, 1.165) is 37.8 Å². The normalized spacial score (nSPS) is 9.95. The molecule has 116 valence electrons. The zero-order valence-electron chi connectivity index (χ0n) is 11.6. The summed E-state index contributed by atoms with van der Waals surface area (Å²) in [6, 6.07) is 2.17. The Morgan fingerprint density at radius 3 is 2.67 bits per heavy atom. The van der Waals surface area contributed by atoms with Gasteiger partial charge in [0, 0.05) is 0 Å². The van der Waals surface area contributed by atoms with Crippen molar-refractivity contribution in [2.75, 3.05) is 6.61 Å². The molecule has 0 bridgehead atoms. The van der Waals surface area contributed by atoms with E-state index >= 15 is 0 Å². The summed E-state index contributed by atoms with van der Waals surface area (Å²) in [6.07, 6.45) is 3.06. The number of furan rings is 1. The van der Waals surface area contributed by atoms with Crippen LogP contribution in [0.4, 0.5) is 10.7 Å². The van der Waals surface area contributed by atoms with E-state index in [-0.39, 0.29) is 12.4 Å². The van der Waals surface area contributed by atoms with E-state index in [1.165, 1.54) is 0 Å². The third-order valence-electron chi connectivity index (χ3n) is 2.50. The second kappa shape index (κ2) is 8.56. The number of nitrogens with zero attached hydrogens (tertiary/aromatic N) is 1. The summed E-state index contributed by atoms with van der Waals surface area (Å²) in [5.41, 5.74) is 4.04. The molecule has 0 fully saturated rings. The summed E-state index contributed by atoms with van der Waals surface area (Å²) in [6.45, 7) is 2.33. The third-order valence-corrected chi connectivity index (χ3v) is 2.50. The minimum atomic E-state index is -0.814. The Morgan fingerprint density at radius 2 is 2.05 bits per heavy atom. The molecule has 0 atom stereocenters. The number of ether oxygens (including phenoxy) is 1. The number of hydrazine groups is 1. The number of rotatable bonds is 7. The number of nitrogens with one attached hydrogen (secondary N) is 2. The molecule has 2 N–H and O–H groups in total. The van der Waals surface area contributed by atoms with E-state index in [0.29, 0.717) is 0 Å². The molecule has 0 aliphatic rings. The van der Waals surface area contributed by atoms with Crippen molar-refractivity contribution in [2.45, 2.75) is 32.6 Å². The van der Waals surface area contributed by atoms with Crippen LogP contribution in [0.3, 0.4) is 0 Å². The van der Waals surface area contributed by atoms with Crippen molar-refractivity contribution in [3.05, 3.63) is 28.0 Å². The van der Waals surface area contributed by atoms with Gasteiger partial charge in [-0.3, -0.25) is 20.3 Å². The molecule has 1 heterocycles. The van der Waals surface area contributed by atoms with Crippen molar-refractivity contribution < 1.29 is 23.7 Å². The summed E-state index contributed by atoms with van der Waals surface area (Å²) < 4.78 is 9.48. The summed E-state index contributed by atoms with van der Waals surface area (Å²) in [7, 11) is 0. The molecular formula is C12H17N3O6. The lowest BCUT2D eigenvalue weighted by molar-refractivity contribution is -0.402. The number of hydrogen-bond donors (Lipinski definition) is 2. The van der Waals surface area contributed by atoms with Gasteiger partial charge in [0.15, 0.2) is 0 Å². The molecule has 0 saturated carbocycles. The van der Waals surface area contributed by atoms with Crippen molar-refractivity contribution in [2.24, 2.45) is 0 Å². The summed E-state index contributed by atoms with van der Waals surface area (Å²) >= 11 is 0. The lowest BCUT2D eigenvalue weighted by Gasteiger charge is -2.06. The van der Waals surface area contributed by atoms with Crippen molar-refractivity contribution in [1.29, 1.82) is 0 Å². The number of carbonyl (C=O) groups is 2. The lowest BCUT2D eigenvalue weighted by atomic mass is 10.2. The Kier molecular flexibility index (Phi) is 6.72. The lowest BCUT2D eigenvalue weighted by Crippen LogP contribution is -2.41. The Morgan fingerprint density at radius 1 is 1.29 bits per heavy atom. The molecule has 0 radical (unpaired) electrons. The smallest absolute Gasteiger partial charge is 0.433 e. The maximum Gasteiger partial charge on any atom is 0.433 e. The van der Waals surface area contributed by atoms with Gasteiger partial charge in [0.1, 0.15) is 4.92 Å². The van der Waals surface area contributed by atoms with Crippen LogP contribution in [0.2, 0.25) is 0 Å². The Bertz CT molecular complexity index is 499. The van der Waals surface area contributed by atoms with E-state index in [1.807, 2.05) is 10.9 Å². The molecule has 0 aliphatic heterocycles. The number of hydrogen-bond acceptors (Lipinski definition) is 6.